The fourth-order valence-corrected chi connectivity index (χ4v) is 2.48. The van der Waals surface area contributed by atoms with Crippen LogP contribution in [0.25, 0.3) is 0 Å². The summed E-state index contributed by atoms with van der Waals surface area (Å²) in [6, 6.07) is -0.193. The van der Waals surface area contributed by atoms with Crippen LogP contribution in [-0.2, 0) is 9.53 Å². The normalized spacial score (nSPS) is 26.7. The van der Waals surface area contributed by atoms with Crippen LogP contribution in [0.2, 0.25) is 0 Å². The van der Waals surface area contributed by atoms with E-state index >= 15 is 0 Å². The minimum absolute atomic E-state index is 0.182. The number of carbonyl (C=O) groups is 2. The largest absolute Gasteiger partial charge is 0.479 e. The van der Waals surface area contributed by atoms with Gasteiger partial charge in [-0.15, -0.1) is 0 Å². The number of carboxylic acids is 1. The molecule has 1 saturated carbocycles. The fraction of sp³-hybridized carbons (Fsp3) is 0.846. The number of ether oxygens (including phenoxy) is 1. The van der Waals surface area contributed by atoms with E-state index in [1.54, 1.807) is 0 Å². The summed E-state index contributed by atoms with van der Waals surface area (Å²) in [6.07, 6.45) is 5.25. The highest BCUT2D eigenvalue weighted by molar-refractivity contribution is 5.74. The van der Waals surface area contributed by atoms with E-state index in [2.05, 4.69) is 10.6 Å². The van der Waals surface area contributed by atoms with E-state index in [0.717, 1.165) is 12.3 Å². The Labute approximate surface area is 112 Å². The van der Waals surface area contributed by atoms with Crippen LogP contribution in [0, 0.1) is 5.92 Å². The van der Waals surface area contributed by atoms with E-state index in [1.807, 2.05) is 0 Å². The first kappa shape index (κ1) is 14.1. The SMILES string of the molecule is O=C(NCCC1CCC1)NCC1CCC(C(=O)O)O1. The summed E-state index contributed by atoms with van der Waals surface area (Å²) < 4.78 is 5.30. The molecule has 2 rings (SSSR count). The van der Waals surface area contributed by atoms with Gasteiger partial charge in [-0.1, -0.05) is 19.3 Å². The molecule has 108 valence electrons. The van der Waals surface area contributed by atoms with Gasteiger partial charge in [0.15, 0.2) is 6.10 Å². The second-order valence-corrected chi connectivity index (χ2v) is 5.38. The first-order chi connectivity index (χ1) is 9.15. The number of hydrogen-bond donors (Lipinski definition) is 3. The van der Waals surface area contributed by atoms with Crippen molar-refractivity contribution in [3.63, 3.8) is 0 Å². The Morgan fingerprint density at radius 3 is 2.53 bits per heavy atom. The van der Waals surface area contributed by atoms with Crippen LogP contribution in [-0.4, -0.2) is 42.4 Å². The lowest BCUT2D eigenvalue weighted by Crippen LogP contribution is -2.40. The summed E-state index contributed by atoms with van der Waals surface area (Å²) in [4.78, 5) is 22.2. The summed E-state index contributed by atoms with van der Waals surface area (Å²) in [6.45, 7) is 1.08. The predicted octanol–water partition coefficient (Wildman–Crippen LogP) is 1.11. The van der Waals surface area contributed by atoms with E-state index in [9.17, 15) is 9.59 Å². The molecule has 2 unspecified atom stereocenters. The highest BCUT2D eigenvalue weighted by Crippen LogP contribution is 2.28. The summed E-state index contributed by atoms with van der Waals surface area (Å²) >= 11 is 0. The smallest absolute Gasteiger partial charge is 0.332 e. The molecule has 1 aliphatic heterocycles. The van der Waals surface area contributed by atoms with Gasteiger partial charge >= 0.3 is 12.0 Å². The third kappa shape index (κ3) is 4.38. The molecule has 0 aromatic rings. The molecule has 2 aliphatic rings. The zero-order valence-corrected chi connectivity index (χ0v) is 11.1. The van der Waals surface area contributed by atoms with Gasteiger partial charge in [0.05, 0.1) is 6.10 Å². The summed E-state index contributed by atoms with van der Waals surface area (Å²) in [5.41, 5.74) is 0. The van der Waals surface area contributed by atoms with E-state index < -0.39 is 12.1 Å². The van der Waals surface area contributed by atoms with Gasteiger partial charge in [-0.2, -0.15) is 0 Å². The number of amides is 2. The summed E-state index contributed by atoms with van der Waals surface area (Å²) in [7, 11) is 0. The topological polar surface area (TPSA) is 87.7 Å². The maximum absolute atomic E-state index is 11.5. The van der Waals surface area contributed by atoms with Gasteiger partial charge in [0.25, 0.3) is 0 Å². The van der Waals surface area contributed by atoms with Crippen molar-refractivity contribution in [2.24, 2.45) is 5.92 Å². The number of hydrogen-bond acceptors (Lipinski definition) is 3. The van der Waals surface area contributed by atoms with Gasteiger partial charge in [-0.05, 0) is 25.2 Å². The third-order valence-electron chi connectivity index (χ3n) is 3.94. The fourth-order valence-electron chi connectivity index (χ4n) is 2.48. The Morgan fingerprint density at radius 2 is 1.95 bits per heavy atom. The highest BCUT2D eigenvalue weighted by atomic mass is 16.5. The zero-order valence-electron chi connectivity index (χ0n) is 11.1. The number of nitrogens with one attached hydrogen (secondary N) is 2. The van der Waals surface area contributed by atoms with Crippen molar-refractivity contribution < 1.29 is 19.4 Å². The van der Waals surface area contributed by atoms with E-state index in [-0.39, 0.29) is 12.1 Å². The molecule has 0 bridgehead atoms. The molecule has 1 heterocycles. The van der Waals surface area contributed by atoms with Crippen molar-refractivity contribution in [2.75, 3.05) is 13.1 Å². The summed E-state index contributed by atoms with van der Waals surface area (Å²) in [5.74, 6) is -0.137. The Balaban J connectivity index is 1.52. The highest BCUT2D eigenvalue weighted by Gasteiger charge is 2.30. The lowest BCUT2D eigenvalue weighted by Gasteiger charge is -2.25. The average Bonchev–Trinajstić information content (AvgIpc) is 2.78. The van der Waals surface area contributed by atoms with E-state index in [0.29, 0.717) is 25.9 Å². The summed E-state index contributed by atoms with van der Waals surface area (Å²) in [5, 5.41) is 14.3. The van der Waals surface area contributed by atoms with Crippen LogP contribution in [0.15, 0.2) is 0 Å². The van der Waals surface area contributed by atoms with Crippen LogP contribution < -0.4 is 10.6 Å². The number of carbonyl (C=O) groups excluding carboxylic acids is 1. The van der Waals surface area contributed by atoms with Crippen LogP contribution in [0.1, 0.15) is 38.5 Å². The van der Waals surface area contributed by atoms with Crippen LogP contribution in [0.4, 0.5) is 4.79 Å². The molecular weight excluding hydrogens is 248 g/mol. The molecule has 19 heavy (non-hydrogen) atoms. The maximum Gasteiger partial charge on any atom is 0.332 e. The number of carboxylic acid groups (broad SMARTS) is 1. The number of urea groups is 1. The molecule has 0 spiro atoms. The molecule has 6 nitrogen and oxygen atoms in total. The van der Waals surface area contributed by atoms with Crippen LogP contribution in [0.5, 0.6) is 0 Å². The molecule has 1 saturated heterocycles. The van der Waals surface area contributed by atoms with Crippen molar-refractivity contribution in [3.8, 4) is 0 Å². The average molecular weight is 270 g/mol. The molecule has 2 fully saturated rings. The minimum atomic E-state index is -0.924. The van der Waals surface area contributed by atoms with Crippen molar-refractivity contribution >= 4 is 12.0 Å². The predicted molar refractivity (Wildman–Crippen MR) is 68.9 cm³/mol. The Hall–Kier alpha value is -1.30. The van der Waals surface area contributed by atoms with Gasteiger partial charge in [0, 0.05) is 13.1 Å². The second-order valence-electron chi connectivity index (χ2n) is 5.38. The molecular formula is C13H22N2O4. The molecule has 0 aromatic heterocycles. The quantitative estimate of drug-likeness (QED) is 0.674. The molecule has 0 radical (unpaired) electrons. The zero-order chi connectivity index (χ0) is 13.7. The molecule has 6 heteroatoms. The molecule has 0 aromatic carbocycles. The van der Waals surface area contributed by atoms with Gasteiger partial charge in [-0.3, -0.25) is 0 Å². The van der Waals surface area contributed by atoms with E-state index in [4.69, 9.17) is 9.84 Å². The van der Waals surface area contributed by atoms with Gasteiger partial charge in [0.2, 0.25) is 0 Å². The van der Waals surface area contributed by atoms with Crippen molar-refractivity contribution in [2.45, 2.75) is 50.7 Å². The van der Waals surface area contributed by atoms with Crippen molar-refractivity contribution in [1.82, 2.24) is 10.6 Å². The first-order valence-electron chi connectivity index (χ1n) is 7.05. The Kier molecular flexibility index (Phi) is 5.01. The standard InChI is InChI=1S/C13H22N2O4/c16-12(17)11-5-4-10(19-11)8-15-13(18)14-7-6-9-2-1-3-9/h9-11H,1-8H2,(H,16,17)(H2,14,15,18). The molecule has 3 N–H and O–H groups in total. The van der Waals surface area contributed by atoms with Crippen molar-refractivity contribution in [1.29, 1.82) is 0 Å². The Morgan fingerprint density at radius 1 is 1.16 bits per heavy atom. The van der Waals surface area contributed by atoms with Gasteiger partial charge < -0.3 is 20.5 Å². The molecule has 1 aliphatic carbocycles. The number of rotatable bonds is 6. The third-order valence-corrected chi connectivity index (χ3v) is 3.94. The molecule has 2 amide bonds. The lowest BCUT2D eigenvalue weighted by molar-refractivity contribution is -0.149. The van der Waals surface area contributed by atoms with Crippen LogP contribution in [0.3, 0.4) is 0 Å². The van der Waals surface area contributed by atoms with Gasteiger partial charge in [0.1, 0.15) is 0 Å². The maximum atomic E-state index is 11.5. The van der Waals surface area contributed by atoms with Crippen LogP contribution >= 0.6 is 0 Å². The first-order valence-corrected chi connectivity index (χ1v) is 7.05. The van der Waals surface area contributed by atoms with E-state index in [1.165, 1.54) is 19.3 Å². The molecule has 2 atom stereocenters. The lowest BCUT2D eigenvalue weighted by atomic mass is 9.83. The minimum Gasteiger partial charge on any atom is -0.479 e. The van der Waals surface area contributed by atoms with Crippen molar-refractivity contribution in [3.05, 3.63) is 0 Å². The Bertz CT molecular complexity index is 331. The monoisotopic (exact) mass is 270 g/mol. The van der Waals surface area contributed by atoms with Gasteiger partial charge in [-0.25, -0.2) is 9.59 Å². The number of aliphatic carboxylic acids is 1. The second kappa shape index (κ2) is 6.75.